The molecule has 1 N–H and O–H groups in total. The molecular formula is C18H20N8. The molecular weight excluding hydrogens is 328 g/mol. The van der Waals surface area contributed by atoms with Gasteiger partial charge in [-0.2, -0.15) is 0 Å². The Bertz CT molecular complexity index is 899. The van der Waals surface area contributed by atoms with Crippen LogP contribution < -0.4 is 10.2 Å². The highest BCUT2D eigenvalue weighted by molar-refractivity contribution is 5.49. The lowest BCUT2D eigenvalue weighted by Crippen LogP contribution is -2.21. The van der Waals surface area contributed by atoms with Gasteiger partial charge < -0.3 is 10.2 Å². The number of nitrogens with zero attached hydrogens (tertiary/aromatic N) is 7. The Morgan fingerprint density at radius 1 is 1.04 bits per heavy atom. The van der Waals surface area contributed by atoms with Crippen molar-refractivity contribution in [2.45, 2.75) is 26.2 Å². The van der Waals surface area contributed by atoms with E-state index in [0.29, 0.717) is 11.9 Å². The first kappa shape index (κ1) is 16.3. The molecule has 0 amide bonds. The standard InChI is InChI=1S/C18H20N8/c1-12-8-17(22-11-21-12)26-7-4-14(10-26)15-9-16(24-13(2)23-15)25-18-19-5-3-6-20-18/h3,5-6,8-9,11,14H,4,7,10H2,1-2H3,(H,19,20,23,24,25). The lowest BCUT2D eigenvalue weighted by atomic mass is 10.0. The predicted octanol–water partition coefficient (Wildman–Crippen LogP) is 2.41. The summed E-state index contributed by atoms with van der Waals surface area (Å²) in [7, 11) is 0. The van der Waals surface area contributed by atoms with Crippen molar-refractivity contribution in [2.75, 3.05) is 23.3 Å². The molecule has 0 aliphatic carbocycles. The van der Waals surface area contributed by atoms with Crippen LogP contribution in [0.3, 0.4) is 0 Å². The molecule has 0 aromatic carbocycles. The van der Waals surface area contributed by atoms with E-state index in [0.717, 1.165) is 48.4 Å². The monoisotopic (exact) mass is 348 g/mol. The first-order valence-electron chi connectivity index (χ1n) is 8.60. The third-order valence-electron chi connectivity index (χ3n) is 4.38. The minimum absolute atomic E-state index is 0.337. The van der Waals surface area contributed by atoms with Gasteiger partial charge in [-0.3, -0.25) is 0 Å². The summed E-state index contributed by atoms with van der Waals surface area (Å²) in [6.07, 6.45) is 6.04. The molecule has 1 aliphatic heterocycles. The van der Waals surface area contributed by atoms with Gasteiger partial charge in [-0.25, -0.2) is 29.9 Å². The van der Waals surface area contributed by atoms with Gasteiger partial charge >= 0.3 is 0 Å². The summed E-state index contributed by atoms with van der Waals surface area (Å²) < 4.78 is 0. The molecule has 1 saturated heterocycles. The summed E-state index contributed by atoms with van der Waals surface area (Å²) in [5, 5.41) is 3.15. The Morgan fingerprint density at radius 2 is 1.88 bits per heavy atom. The normalized spacial score (nSPS) is 16.7. The van der Waals surface area contributed by atoms with E-state index in [4.69, 9.17) is 0 Å². The Labute approximate surface area is 151 Å². The van der Waals surface area contributed by atoms with Gasteiger partial charge in [-0.05, 0) is 26.3 Å². The number of rotatable bonds is 4. The number of hydrogen-bond acceptors (Lipinski definition) is 8. The highest BCUT2D eigenvalue weighted by Gasteiger charge is 2.26. The Morgan fingerprint density at radius 3 is 2.69 bits per heavy atom. The van der Waals surface area contributed by atoms with E-state index in [-0.39, 0.29) is 0 Å². The molecule has 8 nitrogen and oxygen atoms in total. The van der Waals surface area contributed by atoms with Gasteiger partial charge in [0.1, 0.15) is 23.8 Å². The van der Waals surface area contributed by atoms with Crippen LogP contribution in [0.25, 0.3) is 0 Å². The molecule has 1 unspecified atom stereocenters. The van der Waals surface area contributed by atoms with Crippen LogP contribution in [0.2, 0.25) is 0 Å². The van der Waals surface area contributed by atoms with Crippen molar-refractivity contribution in [3.05, 3.63) is 54.1 Å². The van der Waals surface area contributed by atoms with E-state index < -0.39 is 0 Å². The van der Waals surface area contributed by atoms with Gasteiger partial charge in [-0.15, -0.1) is 0 Å². The SMILES string of the molecule is Cc1cc(N2CCC(c3cc(Nc4ncccn4)nc(C)n3)C2)ncn1. The largest absolute Gasteiger partial charge is 0.356 e. The van der Waals surface area contributed by atoms with Crippen LogP contribution >= 0.6 is 0 Å². The van der Waals surface area contributed by atoms with Crippen molar-refractivity contribution in [2.24, 2.45) is 0 Å². The van der Waals surface area contributed by atoms with E-state index in [2.05, 4.69) is 40.1 Å². The maximum Gasteiger partial charge on any atom is 0.228 e. The summed E-state index contributed by atoms with van der Waals surface area (Å²) in [6.45, 7) is 5.72. The van der Waals surface area contributed by atoms with Crippen molar-refractivity contribution in [1.82, 2.24) is 29.9 Å². The third-order valence-corrected chi connectivity index (χ3v) is 4.38. The summed E-state index contributed by atoms with van der Waals surface area (Å²) in [5.74, 6) is 3.29. The average Bonchev–Trinajstić information content (AvgIpc) is 3.12. The van der Waals surface area contributed by atoms with Gasteiger partial charge in [0, 0.05) is 49.2 Å². The van der Waals surface area contributed by atoms with Crippen LogP contribution in [-0.2, 0) is 0 Å². The second kappa shape index (κ2) is 6.99. The van der Waals surface area contributed by atoms with Crippen LogP contribution in [0.5, 0.6) is 0 Å². The molecule has 3 aromatic heterocycles. The van der Waals surface area contributed by atoms with Gasteiger partial charge in [0.2, 0.25) is 5.95 Å². The van der Waals surface area contributed by atoms with Gasteiger partial charge in [0.15, 0.2) is 0 Å². The fraction of sp³-hybridized carbons (Fsp3) is 0.333. The van der Waals surface area contributed by atoms with E-state index in [1.54, 1.807) is 24.8 Å². The van der Waals surface area contributed by atoms with Crippen LogP contribution in [0, 0.1) is 13.8 Å². The van der Waals surface area contributed by atoms with E-state index in [9.17, 15) is 0 Å². The second-order valence-corrected chi connectivity index (χ2v) is 6.37. The van der Waals surface area contributed by atoms with Crippen molar-refractivity contribution in [3.8, 4) is 0 Å². The zero-order valence-corrected chi connectivity index (χ0v) is 14.8. The molecule has 0 bridgehead atoms. The highest BCUT2D eigenvalue weighted by Crippen LogP contribution is 2.30. The molecule has 132 valence electrons. The van der Waals surface area contributed by atoms with Crippen molar-refractivity contribution in [3.63, 3.8) is 0 Å². The first-order chi connectivity index (χ1) is 12.7. The molecule has 8 heteroatoms. The fourth-order valence-electron chi connectivity index (χ4n) is 3.17. The molecule has 1 fully saturated rings. The maximum atomic E-state index is 4.65. The first-order valence-corrected chi connectivity index (χ1v) is 8.60. The van der Waals surface area contributed by atoms with Crippen LogP contribution in [0.15, 0.2) is 36.9 Å². The lowest BCUT2D eigenvalue weighted by molar-refractivity contribution is 0.733. The van der Waals surface area contributed by atoms with Gasteiger partial charge in [-0.1, -0.05) is 0 Å². The lowest BCUT2D eigenvalue weighted by Gasteiger charge is -2.17. The van der Waals surface area contributed by atoms with Crippen molar-refractivity contribution < 1.29 is 0 Å². The summed E-state index contributed by atoms with van der Waals surface area (Å²) in [6, 6.07) is 5.79. The number of hydrogen-bond donors (Lipinski definition) is 1. The van der Waals surface area contributed by atoms with E-state index >= 15 is 0 Å². The third kappa shape index (κ3) is 3.58. The molecule has 26 heavy (non-hydrogen) atoms. The van der Waals surface area contributed by atoms with Crippen LogP contribution in [0.1, 0.15) is 29.6 Å². The number of aromatic nitrogens is 6. The predicted molar refractivity (Wildman–Crippen MR) is 98.4 cm³/mol. The zero-order chi connectivity index (χ0) is 17.9. The van der Waals surface area contributed by atoms with E-state index in [1.165, 1.54) is 0 Å². The Kier molecular flexibility index (Phi) is 4.39. The highest BCUT2D eigenvalue weighted by atomic mass is 15.2. The van der Waals surface area contributed by atoms with Crippen molar-refractivity contribution in [1.29, 1.82) is 0 Å². The van der Waals surface area contributed by atoms with Crippen molar-refractivity contribution >= 4 is 17.6 Å². The Balaban J connectivity index is 1.53. The fourth-order valence-corrected chi connectivity index (χ4v) is 3.17. The molecule has 3 aromatic rings. The topological polar surface area (TPSA) is 92.6 Å². The average molecular weight is 348 g/mol. The number of aryl methyl sites for hydroxylation is 2. The zero-order valence-electron chi connectivity index (χ0n) is 14.8. The quantitative estimate of drug-likeness (QED) is 0.768. The molecule has 0 saturated carbocycles. The van der Waals surface area contributed by atoms with Gasteiger partial charge in [0.25, 0.3) is 0 Å². The van der Waals surface area contributed by atoms with Crippen LogP contribution in [0.4, 0.5) is 17.6 Å². The van der Waals surface area contributed by atoms with E-state index in [1.807, 2.05) is 26.0 Å². The van der Waals surface area contributed by atoms with Crippen LogP contribution in [-0.4, -0.2) is 43.0 Å². The molecule has 4 heterocycles. The molecule has 0 radical (unpaired) electrons. The minimum atomic E-state index is 0.337. The minimum Gasteiger partial charge on any atom is -0.356 e. The molecule has 1 atom stereocenters. The Hall–Kier alpha value is -3.16. The number of anilines is 3. The molecule has 1 aliphatic rings. The summed E-state index contributed by atoms with van der Waals surface area (Å²) in [5.41, 5.74) is 2.01. The maximum absolute atomic E-state index is 4.65. The second-order valence-electron chi connectivity index (χ2n) is 6.37. The number of nitrogens with one attached hydrogen (secondary N) is 1. The molecule has 4 rings (SSSR count). The summed E-state index contributed by atoms with van der Waals surface area (Å²) >= 11 is 0. The smallest absolute Gasteiger partial charge is 0.228 e. The van der Waals surface area contributed by atoms with Gasteiger partial charge in [0.05, 0.1) is 5.69 Å². The molecule has 0 spiro atoms. The summed E-state index contributed by atoms with van der Waals surface area (Å²) in [4.78, 5) is 28.3.